The first-order chi connectivity index (χ1) is 14.4. The summed E-state index contributed by atoms with van der Waals surface area (Å²) >= 11 is 0. The molecule has 2 rings (SSSR count). The number of amides is 2. The van der Waals surface area contributed by atoms with Crippen LogP contribution in [0.2, 0.25) is 0 Å². The number of esters is 1. The Balaban J connectivity index is 2.14. The Bertz CT molecular complexity index is 731. The third-order valence-corrected chi connectivity index (χ3v) is 5.08. The van der Waals surface area contributed by atoms with E-state index in [9.17, 15) is 9.59 Å². The second-order valence-electron chi connectivity index (χ2n) is 7.17. The van der Waals surface area contributed by atoms with Gasteiger partial charge < -0.3 is 30.6 Å². The zero-order valence-electron chi connectivity index (χ0n) is 18.1. The number of urea groups is 1. The molecule has 0 fully saturated rings. The average Bonchev–Trinajstić information content (AvgIpc) is 2.74. The van der Waals surface area contributed by atoms with Crippen LogP contribution in [0.5, 0.6) is 5.75 Å². The number of benzene rings is 1. The second-order valence-corrected chi connectivity index (χ2v) is 7.17. The van der Waals surface area contributed by atoms with E-state index in [2.05, 4.69) is 10.6 Å². The molecule has 4 N–H and O–H groups in total. The highest BCUT2D eigenvalue weighted by Crippen LogP contribution is 2.24. The molecule has 0 radical (unpaired) electrons. The first kappa shape index (κ1) is 23.7. The average molecular weight is 420 g/mol. The summed E-state index contributed by atoms with van der Waals surface area (Å²) in [6.07, 6.45) is 3.13. The molecule has 0 aliphatic heterocycles. The smallest absolute Gasteiger partial charge is 0.333 e. The van der Waals surface area contributed by atoms with E-state index in [0.29, 0.717) is 23.4 Å². The van der Waals surface area contributed by atoms with Crippen LogP contribution < -0.4 is 21.1 Å². The molecule has 1 aliphatic carbocycles. The molecule has 8 nitrogen and oxygen atoms in total. The summed E-state index contributed by atoms with van der Waals surface area (Å²) in [5.74, 6) is 0.303. The molecule has 2 amide bonds. The fourth-order valence-corrected chi connectivity index (χ4v) is 3.38. The van der Waals surface area contributed by atoms with Crippen LogP contribution in [-0.2, 0) is 14.3 Å². The number of hydrogen-bond acceptors (Lipinski definition) is 6. The molecule has 3 atom stereocenters. The van der Waals surface area contributed by atoms with E-state index in [1.807, 2.05) is 13.8 Å². The number of anilines is 1. The van der Waals surface area contributed by atoms with Crippen molar-refractivity contribution in [1.82, 2.24) is 5.32 Å². The Labute approximate surface area is 178 Å². The molecule has 166 valence electrons. The lowest BCUT2D eigenvalue weighted by molar-refractivity contribution is -0.139. The highest BCUT2D eigenvalue weighted by molar-refractivity contribution is 5.90. The molecule has 0 spiro atoms. The Hall–Kier alpha value is -2.58. The number of carbonyl (C=O) groups excluding carboxylic acids is 2. The molecule has 8 heteroatoms. The largest absolute Gasteiger partial charge is 0.497 e. The maximum atomic E-state index is 12.6. The van der Waals surface area contributed by atoms with Crippen LogP contribution in [0.25, 0.3) is 0 Å². The zero-order chi connectivity index (χ0) is 22.1. The van der Waals surface area contributed by atoms with Gasteiger partial charge in [0.2, 0.25) is 0 Å². The Kier molecular flexibility index (Phi) is 9.14. The van der Waals surface area contributed by atoms with Crippen molar-refractivity contribution in [1.29, 1.82) is 0 Å². The van der Waals surface area contributed by atoms with Gasteiger partial charge in [0.1, 0.15) is 5.75 Å². The first-order valence-electron chi connectivity index (χ1n) is 10.4. The lowest BCUT2D eigenvalue weighted by Gasteiger charge is -2.36. The van der Waals surface area contributed by atoms with Crippen LogP contribution in [0.3, 0.4) is 0 Å². The van der Waals surface area contributed by atoms with Crippen molar-refractivity contribution in [3.8, 4) is 5.75 Å². The quantitative estimate of drug-likeness (QED) is 0.531. The van der Waals surface area contributed by atoms with Crippen molar-refractivity contribution in [3.05, 3.63) is 35.9 Å². The van der Waals surface area contributed by atoms with E-state index in [-0.39, 0.29) is 12.7 Å². The monoisotopic (exact) mass is 419 g/mol. The molecular formula is C22H33N3O5. The molecule has 0 bridgehead atoms. The van der Waals surface area contributed by atoms with E-state index in [0.717, 1.165) is 12.8 Å². The fraction of sp³-hybridized carbons (Fsp3) is 0.545. The van der Waals surface area contributed by atoms with E-state index in [4.69, 9.17) is 19.9 Å². The SMILES string of the molecule is CCOC(=O)C1=C[C@H](OC(CC)CC)[C@H](NC(=O)Nc2ccc(OC)cc2)[C@@H](N)C1. The van der Waals surface area contributed by atoms with Crippen LogP contribution >= 0.6 is 0 Å². The van der Waals surface area contributed by atoms with Gasteiger partial charge in [-0.2, -0.15) is 0 Å². The summed E-state index contributed by atoms with van der Waals surface area (Å²) in [5.41, 5.74) is 7.45. The minimum absolute atomic E-state index is 0.00561. The summed E-state index contributed by atoms with van der Waals surface area (Å²) in [6, 6.07) is 5.64. The Morgan fingerprint density at radius 2 is 1.83 bits per heavy atom. The standard InChI is InChI=1S/C22H33N3O5/c1-5-16(6-2)30-19-13-14(21(26)29-7-3)12-18(23)20(19)25-22(27)24-15-8-10-17(28-4)11-9-15/h8-11,13,16,18-20H,5-7,12,23H2,1-4H3,(H2,24,25,27)/t18-,19-,20+/m0/s1. The van der Waals surface area contributed by atoms with Gasteiger partial charge in [0, 0.05) is 17.3 Å². The van der Waals surface area contributed by atoms with Gasteiger partial charge in [-0.15, -0.1) is 0 Å². The minimum atomic E-state index is -0.528. The van der Waals surface area contributed by atoms with Crippen molar-refractivity contribution in [2.45, 2.75) is 64.3 Å². The summed E-state index contributed by atoms with van der Waals surface area (Å²) in [6.45, 7) is 6.11. The van der Waals surface area contributed by atoms with E-state index in [1.54, 1.807) is 44.4 Å². The van der Waals surface area contributed by atoms with E-state index < -0.39 is 30.2 Å². The third kappa shape index (κ3) is 6.47. The molecule has 30 heavy (non-hydrogen) atoms. The van der Waals surface area contributed by atoms with E-state index in [1.165, 1.54) is 0 Å². The second kappa shape index (κ2) is 11.6. The molecule has 0 aromatic heterocycles. The molecular weight excluding hydrogens is 386 g/mol. The first-order valence-corrected chi connectivity index (χ1v) is 10.4. The third-order valence-electron chi connectivity index (χ3n) is 5.08. The molecule has 1 aromatic rings. The molecule has 0 unspecified atom stereocenters. The predicted molar refractivity (Wildman–Crippen MR) is 115 cm³/mol. The van der Waals surface area contributed by atoms with Crippen molar-refractivity contribution in [3.63, 3.8) is 0 Å². The van der Waals surface area contributed by atoms with Crippen LogP contribution in [0.1, 0.15) is 40.0 Å². The minimum Gasteiger partial charge on any atom is -0.497 e. The highest BCUT2D eigenvalue weighted by Gasteiger charge is 2.36. The number of ether oxygens (including phenoxy) is 3. The number of methoxy groups -OCH3 is 1. The number of nitrogens with two attached hydrogens (primary N) is 1. The van der Waals surface area contributed by atoms with Crippen LogP contribution in [0.4, 0.5) is 10.5 Å². The molecule has 0 saturated carbocycles. The predicted octanol–water partition coefficient (Wildman–Crippen LogP) is 2.98. The topological polar surface area (TPSA) is 112 Å². The maximum Gasteiger partial charge on any atom is 0.333 e. The van der Waals surface area contributed by atoms with Crippen molar-refractivity contribution < 1.29 is 23.8 Å². The van der Waals surface area contributed by atoms with Gasteiger partial charge in [-0.25, -0.2) is 9.59 Å². The molecule has 1 aliphatic rings. The van der Waals surface area contributed by atoms with Gasteiger partial charge in [-0.05, 0) is 56.5 Å². The zero-order valence-corrected chi connectivity index (χ0v) is 18.1. The van der Waals surface area contributed by atoms with E-state index >= 15 is 0 Å². The molecule has 1 aromatic carbocycles. The Morgan fingerprint density at radius 1 is 1.17 bits per heavy atom. The Morgan fingerprint density at radius 3 is 2.40 bits per heavy atom. The molecule has 0 saturated heterocycles. The van der Waals surface area contributed by atoms with Gasteiger partial charge >= 0.3 is 12.0 Å². The van der Waals surface area contributed by atoms with Gasteiger partial charge in [-0.3, -0.25) is 0 Å². The van der Waals surface area contributed by atoms with Crippen LogP contribution in [0, 0.1) is 0 Å². The van der Waals surface area contributed by atoms with Crippen LogP contribution in [0.15, 0.2) is 35.9 Å². The van der Waals surface area contributed by atoms with Gasteiger partial charge in [0.05, 0.1) is 32.0 Å². The lowest BCUT2D eigenvalue weighted by Crippen LogP contribution is -2.58. The van der Waals surface area contributed by atoms with Crippen molar-refractivity contribution in [2.75, 3.05) is 19.0 Å². The van der Waals surface area contributed by atoms with Crippen molar-refractivity contribution in [2.24, 2.45) is 5.73 Å². The fourth-order valence-electron chi connectivity index (χ4n) is 3.38. The maximum absolute atomic E-state index is 12.6. The number of hydrogen-bond donors (Lipinski definition) is 3. The van der Waals surface area contributed by atoms with Gasteiger partial charge in [-0.1, -0.05) is 13.8 Å². The molecule has 0 heterocycles. The summed E-state index contributed by atoms with van der Waals surface area (Å²) in [4.78, 5) is 24.8. The van der Waals surface area contributed by atoms with Gasteiger partial charge in [0.15, 0.2) is 0 Å². The normalized spacial score (nSPS) is 21.0. The number of carbonyl (C=O) groups is 2. The summed E-state index contributed by atoms with van der Waals surface area (Å²) in [5, 5.41) is 5.70. The number of nitrogens with one attached hydrogen (secondary N) is 2. The van der Waals surface area contributed by atoms with Crippen LogP contribution in [-0.4, -0.2) is 50.0 Å². The summed E-state index contributed by atoms with van der Waals surface area (Å²) < 4.78 is 16.4. The van der Waals surface area contributed by atoms with Crippen molar-refractivity contribution >= 4 is 17.7 Å². The highest BCUT2D eigenvalue weighted by atomic mass is 16.5. The number of rotatable bonds is 9. The lowest BCUT2D eigenvalue weighted by atomic mass is 9.88. The summed E-state index contributed by atoms with van der Waals surface area (Å²) in [7, 11) is 1.58. The van der Waals surface area contributed by atoms with Gasteiger partial charge in [0.25, 0.3) is 0 Å².